The van der Waals surface area contributed by atoms with E-state index in [0.717, 1.165) is 10.1 Å². The minimum absolute atomic E-state index is 0.252. The Morgan fingerprint density at radius 1 is 1.38 bits per heavy atom. The summed E-state index contributed by atoms with van der Waals surface area (Å²) in [5, 5.41) is 0.910. The van der Waals surface area contributed by atoms with Crippen molar-refractivity contribution in [1.82, 2.24) is 0 Å². The maximum Gasteiger partial charge on any atom is 0.166 e. The first-order chi connectivity index (χ1) is 6.20. The fraction of sp³-hybridized carbons (Fsp3) is 0.111. The van der Waals surface area contributed by atoms with Gasteiger partial charge in [0.15, 0.2) is 11.6 Å². The molecule has 0 aliphatic rings. The summed E-state index contributed by atoms with van der Waals surface area (Å²) >= 11 is 7.14. The lowest BCUT2D eigenvalue weighted by Crippen LogP contribution is -1.86. The Morgan fingerprint density at radius 2 is 2.15 bits per heavy atom. The average molecular weight is 217 g/mol. The summed E-state index contributed by atoms with van der Waals surface area (Å²) in [5.41, 5.74) is 0. The number of halogens is 2. The van der Waals surface area contributed by atoms with E-state index in [-0.39, 0.29) is 11.6 Å². The van der Waals surface area contributed by atoms with Gasteiger partial charge in [0.05, 0.1) is 11.4 Å². The molecule has 1 nitrogen and oxygen atoms in total. The Kier molecular flexibility index (Phi) is 2.14. The van der Waals surface area contributed by atoms with E-state index in [1.54, 1.807) is 12.1 Å². The molecule has 0 fully saturated rings. The van der Waals surface area contributed by atoms with Gasteiger partial charge < -0.3 is 4.74 Å². The number of ether oxygens (including phenoxy) is 1. The lowest BCUT2D eigenvalue weighted by Gasteiger charge is -2.00. The molecule has 1 heterocycles. The van der Waals surface area contributed by atoms with E-state index in [2.05, 4.69) is 0 Å². The van der Waals surface area contributed by atoms with Gasteiger partial charge in [-0.25, -0.2) is 4.39 Å². The summed E-state index contributed by atoms with van der Waals surface area (Å²) in [6.45, 7) is 0. The molecule has 68 valence electrons. The third-order valence-electron chi connectivity index (χ3n) is 1.76. The Bertz CT molecular complexity index is 452. The first-order valence-corrected chi connectivity index (χ1v) is 4.83. The first-order valence-electron chi connectivity index (χ1n) is 3.63. The molecule has 0 amide bonds. The lowest BCUT2D eigenvalue weighted by atomic mass is 10.2. The highest BCUT2D eigenvalue weighted by atomic mass is 35.5. The van der Waals surface area contributed by atoms with Gasteiger partial charge in [-0.15, -0.1) is 11.3 Å². The van der Waals surface area contributed by atoms with Gasteiger partial charge in [-0.1, -0.05) is 11.6 Å². The largest absolute Gasteiger partial charge is 0.494 e. The molecule has 0 aliphatic heterocycles. The van der Waals surface area contributed by atoms with Crippen LogP contribution in [0.3, 0.4) is 0 Å². The molecule has 1 aromatic heterocycles. The van der Waals surface area contributed by atoms with Crippen LogP contribution in [0.1, 0.15) is 0 Å². The smallest absolute Gasteiger partial charge is 0.166 e. The summed E-state index contributed by atoms with van der Waals surface area (Å²) in [4.78, 5) is 0. The molecule has 0 aliphatic carbocycles. The van der Waals surface area contributed by atoms with Gasteiger partial charge in [-0.05, 0) is 23.6 Å². The minimum Gasteiger partial charge on any atom is -0.494 e. The van der Waals surface area contributed by atoms with E-state index in [4.69, 9.17) is 16.3 Å². The van der Waals surface area contributed by atoms with Crippen LogP contribution in [0.4, 0.5) is 4.39 Å². The van der Waals surface area contributed by atoms with E-state index in [9.17, 15) is 4.39 Å². The molecule has 0 atom stereocenters. The maximum absolute atomic E-state index is 13.2. The highest BCUT2D eigenvalue weighted by Gasteiger charge is 2.06. The number of benzene rings is 1. The zero-order chi connectivity index (χ0) is 9.42. The van der Waals surface area contributed by atoms with Crippen molar-refractivity contribution in [2.45, 2.75) is 0 Å². The second-order valence-electron chi connectivity index (χ2n) is 2.58. The fourth-order valence-electron chi connectivity index (χ4n) is 1.17. The SMILES string of the molecule is COc1cc2cc(Cl)sc2cc1F. The summed E-state index contributed by atoms with van der Waals surface area (Å²) in [6, 6.07) is 4.88. The highest BCUT2D eigenvalue weighted by molar-refractivity contribution is 7.22. The van der Waals surface area contributed by atoms with Crippen LogP contribution in [0.2, 0.25) is 4.34 Å². The Balaban J connectivity index is 2.72. The van der Waals surface area contributed by atoms with Crippen molar-refractivity contribution in [3.63, 3.8) is 0 Å². The molecular formula is C9H6ClFOS. The van der Waals surface area contributed by atoms with Gasteiger partial charge in [-0.2, -0.15) is 0 Å². The first kappa shape index (κ1) is 8.78. The summed E-state index contributed by atoms with van der Waals surface area (Å²) < 4.78 is 19.5. The third kappa shape index (κ3) is 1.49. The predicted octanol–water partition coefficient (Wildman–Crippen LogP) is 3.70. The van der Waals surface area contributed by atoms with Crippen molar-refractivity contribution >= 4 is 33.0 Å². The zero-order valence-corrected chi connectivity index (χ0v) is 8.38. The minimum atomic E-state index is -0.353. The van der Waals surface area contributed by atoms with E-state index in [0.29, 0.717) is 4.34 Å². The molecule has 2 rings (SSSR count). The van der Waals surface area contributed by atoms with Crippen molar-refractivity contribution in [2.24, 2.45) is 0 Å². The van der Waals surface area contributed by atoms with Crippen molar-refractivity contribution in [3.05, 3.63) is 28.4 Å². The maximum atomic E-state index is 13.2. The van der Waals surface area contributed by atoms with E-state index in [1.165, 1.54) is 24.5 Å². The van der Waals surface area contributed by atoms with Crippen LogP contribution < -0.4 is 4.74 Å². The van der Waals surface area contributed by atoms with Crippen molar-refractivity contribution in [2.75, 3.05) is 7.11 Å². The zero-order valence-electron chi connectivity index (χ0n) is 6.80. The van der Waals surface area contributed by atoms with Gasteiger partial charge in [0.25, 0.3) is 0 Å². The second kappa shape index (κ2) is 3.16. The van der Waals surface area contributed by atoms with Crippen molar-refractivity contribution in [3.8, 4) is 5.75 Å². The number of thiophene rings is 1. The number of rotatable bonds is 1. The number of fused-ring (bicyclic) bond motifs is 1. The molecule has 0 N–H and O–H groups in total. The molecule has 0 saturated heterocycles. The number of hydrogen-bond acceptors (Lipinski definition) is 2. The Hall–Kier alpha value is -0.800. The average Bonchev–Trinajstić information content (AvgIpc) is 2.42. The van der Waals surface area contributed by atoms with Crippen LogP contribution in [-0.2, 0) is 0 Å². The van der Waals surface area contributed by atoms with Gasteiger partial charge in [0.1, 0.15) is 0 Å². The summed E-state index contributed by atoms with van der Waals surface area (Å²) in [7, 11) is 1.44. The highest BCUT2D eigenvalue weighted by Crippen LogP contribution is 2.33. The molecule has 0 spiro atoms. The molecule has 0 saturated carbocycles. The summed E-state index contributed by atoms with van der Waals surface area (Å²) in [6.07, 6.45) is 0. The quantitative estimate of drug-likeness (QED) is 0.706. The standard InChI is InChI=1S/C9H6ClFOS/c1-12-7-2-5-3-9(10)13-8(5)4-6(7)11/h2-4H,1H3. The van der Waals surface area contributed by atoms with Crippen LogP contribution in [0.5, 0.6) is 5.75 Å². The monoisotopic (exact) mass is 216 g/mol. The molecule has 4 heteroatoms. The van der Waals surface area contributed by atoms with Crippen molar-refractivity contribution < 1.29 is 9.13 Å². The predicted molar refractivity (Wildman–Crippen MR) is 53.3 cm³/mol. The van der Waals surface area contributed by atoms with Gasteiger partial charge >= 0.3 is 0 Å². The topological polar surface area (TPSA) is 9.23 Å². The van der Waals surface area contributed by atoms with E-state index in [1.807, 2.05) is 0 Å². The molecule has 0 radical (unpaired) electrons. The second-order valence-corrected chi connectivity index (χ2v) is 4.29. The number of hydrogen-bond donors (Lipinski definition) is 0. The van der Waals surface area contributed by atoms with Crippen LogP contribution in [0, 0.1) is 5.82 Å². The molecule has 13 heavy (non-hydrogen) atoms. The molecule has 2 aromatic rings. The van der Waals surface area contributed by atoms with Crippen LogP contribution in [0.15, 0.2) is 18.2 Å². The Labute approximate surface area is 83.7 Å². The van der Waals surface area contributed by atoms with Crippen LogP contribution in [0.25, 0.3) is 10.1 Å². The van der Waals surface area contributed by atoms with E-state index < -0.39 is 0 Å². The van der Waals surface area contributed by atoms with E-state index >= 15 is 0 Å². The molecule has 1 aromatic carbocycles. The summed E-state index contributed by atoms with van der Waals surface area (Å²) in [5.74, 6) is -0.101. The van der Waals surface area contributed by atoms with Gasteiger partial charge in [0.2, 0.25) is 0 Å². The van der Waals surface area contributed by atoms with Crippen LogP contribution >= 0.6 is 22.9 Å². The van der Waals surface area contributed by atoms with Crippen molar-refractivity contribution in [1.29, 1.82) is 0 Å². The third-order valence-corrected chi connectivity index (χ3v) is 2.99. The van der Waals surface area contributed by atoms with Crippen LogP contribution in [-0.4, -0.2) is 7.11 Å². The molecule has 0 bridgehead atoms. The Morgan fingerprint density at radius 3 is 2.85 bits per heavy atom. The van der Waals surface area contributed by atoms with Gasteiger partial charge in [-0.3, -0.25) is 0 Å². The molecular weight excluding hydrogens is 211 g/mol. The number of methoxy groups -OCH3 is 1. The molecule has 0 unspecified atom stereocenters. The fourth-order valence-corrected chi connectivity index (χ4v) is 2.33. The van der Waals surface area contributed by atoms with Gasteiger partial charge in [0, 0.05) is 4.70 Å². The lowest BCUT2D eigenvalue weighted by molar-refractivity contribution is 0.387. The normalized spacial score (nSPS) is 10.7.